The predicted octanol–water partition coefficient (Wildman–Crippen LogP) is 7.75. The van der Waals surface area contributed by atoms with Crippen molar-refractivity contribution in [2.75, 3.05) is 59.4 Å². The Bertz CT molecular complexity index is 1880. The summed E-state index contributed by atoms with van der Waals surface area (Å²) in [6, 6.07) is 19.4. The summed E-state index contributed by atoms with van der Waals surface area (Å²) in [5.74, 6) is 0.0123. The van der Waals surface area contributed by atoms with Crippen LogP contribution in [0.1, 0.15) is 70.3 Å². The van der Waals surface area contributed by atoms with Crippen LogP contribution in [0.2, 0.25) is 0 Å². The van der Waals surface area contributed by atoms with Gasteiger partial charge in [-0.1, -0.05) is 60.5 Å². The lowest BCUT2D eigenvalue weighted by Crippen LogP contribution is -2.70. The van der Waals surface area contributed by atoms with Crippen molar-refractivity contribution in [2.45, 2.75) is 76.5 Å². The van der Waals surface area contributed by atoms with E-state index in [1.54, 1.807) is 17.9 Å². The van der Waals surface area contributed by atoms with Crippen LogP contribution in [0.4, 0.5) is 4.79 Å². The third kappa shape index (κ3) is 9.53. The van der Waals surface area contributed by atoms with Crippen LogP contribution in [-0.4, -0.2) is 103 Å². The summed E-state index contributed by atoms with van der Waals surface area (Å²) < 4.78 is 32.2. The number of fused-ring (bicyclic) bond motifs is 3. The first-order valence-electron chi connectivity index (χ1n) is 20.9. The maximum Gasteiger partial charge on any atom is 0.410 e. The van der Waals surface area contributed by atoms with E-state index in [1.165, 1.54) is 0 Å². The summed E-state index contributed by atoms with van der Waals surface area (Å²) in [5.41, 5.74) is 2.60. The largest absolute Gasteiger partial charge is 0.459 e. The van der Waals surface area contributed by atoms with Gasteiger partial charge in [0, 0.05) is 37.7 Å². The van der Waals surface area contributed by atoms with Crippen molar-refractivity contribution in [3.05, 3.63) is 90.5 Å². The number of aliphatic hydroxyl groups is 3. The molecule has 1 heterocycles. The van der Waals surface area contributed by atoms with Crippen molar-refractivity contribution in [1.29, 1.82) is 0 Å². The normalized spacial score (nSPS) is 24.0. The lowest BCUT2D eigenvalue weighted by molar-refractivity contribution is -0.256. The minimum absolute atomic E-state index is 0.0558. The van der Waals surface area contributed by atoms with Gasteiger partial charge in [-0.3, -0.25) is 4.90 Å². The van der Waals surface area contributed by atoms with Gasteiger partial charge in [0.2, 0.25) is 5.79 Å². The minimum Gasteiger partial charge on any atom is -0.459 e. The van der Waals surface area contributed by atoms with Crippen LogP contribution in [0.3, 0.4) is 0 Å². The molecular weight excluding hydrogens is 741 g/mol. The van der Waals surface area contributed by atoms with Crippen molar-refractivity contribution in [3.63, 3.8) is 0 Å². The smallest absolute Gasteiger partial charge is 0.410 e. The van der Waals surface area contributed by atoms with Crippen LogP contribution in [0, 0.1) is 17.8 Å². The van der Waals surface area contributed by atoms with Crippen LogP contribution in [0.5, 0.6) is 17.2 Å². The van der Waals surface area contributed by atoms with Gasteiger partial charge in [0.1, 0.15) is 29.9 Å². The van der Waals surface area contributed by atoms with E-state index >= 15 is 0 Å². The number of aliphatic hydroxyl groups excluding tert-OH is 3. The van der Waals surface area contributed by atoms with Gasteiger partial charge in [-0.15, -0.1) is 6.58 Å². The molecule has 1 aliphatic heterocycles. The molecule has 0 unspecified atom stereocenters. The fraction of sp³-hybridized carbons (Fsp3) is 0.522. The molecule has 0 saturated heterocycles. The molecule has 0 radical (unpaired) electrons. The van der Waals surface area contributed by atoms with Crippen LogP contribution in [-0.2, 0) is 19.0 Å². The van der Waals surface area contributed by atoms with Crippen LogP contribution < -0.4 is 9.47 Å². The second-order valence-corrected chi connectivity index (χ2v) is 15.0. The Morgan fingerprint density at radius 1 is 0.931 bits per heavy atom. The predicted molar refractivity (Wildman–Crippen MR) is 222 cm³/mol. The highest BCUT2D eigenvalue weighted by molar-refractivity contribution is 6.03. The molecule has 0 bridgehead atoms. The molecule has 1 amide bonds. The van der Waals surface area contributed by atoms with E-state index in [1.807, 2.05) is 43.3 Å². The summed E-state index contributed by atoms with van der Waals surface area (Å²) in [5, 5.41) is 36.1. The number of ether oxygens (including phenoxy) is 5. The number of oxime groups is 1. The molecule has 3 N–H and O–H groups in total. The van der Waals surface area contributed by atoms with Crippen molar-refractivity contribution < 1.29 is 48.6 Å². The average molecular weight is 801 g/mol. The van der Waals surface area contributed by atoms with Crippen molar-refractivity contribution >= 4 is 22.6 Å². The molecule has 2 aliphatic carbocycles. The number of amides is 1. The first kappa shape index (κ1) is 43.1. The second-order valence-electron chi connectivity index (χ2n) is 15.0. The summed E-state index contributed by atoms with van der Waals surface area (Å²) in [7, 11) is 0. The fourth-order valence-corrected chi connectivity index (χ4v) is 9.13. The molecule has 6 rings (SSSR count). The Hall–Kier alpha value is -4.46. The first-order chi connectivity index (χ1) is 28.4. The zero-order valence-electron chi connectivity index (χ0n) is 33.9. The number of unbranched alkanes of at least 4 members (excludes halogenated alkanes) is 2. The molecule has 0 spiro atoms. The lowest BCUT2D eigenvalue weighted by atomic mass is 9.55. The van der Waals surface area contributed by atoms with Crippen molar-refractivity contribution in [1.82, 2.24) is 4.90 Å². The van der Waals surface area contributed by atoms with E-state index < -0.39 is 23.8 Å². The zero-order chi connectivity index (χ0) is 40.9. The van der Waals surface area contributed by atoms with E-state index in [2.05, 4.69) is 36.9 Å². The second kappa shape index (κ2) is 21.0. The summed E-state index contributed by atoms with van der Waals surface area (Å²) in [4.78, 5) is 21.5. The maximum absolute atomic E-state index is 14.1. The van der Waals surface area contributed by atoms with Gasteiger partial charge in [0.15, 0.2) is 0 Å². The molecule has 3 aromatic rings. The minimum atomic E-state index is -1.43. The number of benzene rings is 3. The number of allylic oxidation sites excluding steroid dienone is 1. The maximum atomic E-state index is 14.1. The molecule has 0 aromatic heterocycles. The number of rotatable bonds is 22. The van der Waals surface area contributed by atoms with Crippen molar-refractivity contribution in [2.24, 2.45) is 22.9 Å². The van der Waals surface area contributed by atoms with Crippen LogP contribution in [0.25, 0.3) is 10.8 Å². The highest BCUT2D eigenvalue weighted by atomic mass is 16.7. The van der Waals surface area contributed by atoms with Crippen LogP contribution >= 0.6 is 0 Å². The van der Waals surface area contributed by atoms with Gasteiger partial charge >= 0.3 is 6.09 Å². The van der Waals surface area contributed by atoms with Gasteiger partial charge in [-0.2, -0.15) is 0 Å². The van der Waals surface area contributed by atoms with Gasteiger partial charge < -0.3 is 43.8 Å². The Morgan fingerprint density at radius 3 is 2.43 bits per heavy atom. The van der Waals surface area contributed by atoms with E-state index in [4.69, 9.17) is 33.7 Å². The summed E-state index contributed by atoms with van der Waals surface area (Å²) >= 11 is 0. The number of nitrogens with zero attached hydrogens (tertiary/aromatic N) is 2. The summed E-state index contributed by atoms with van der Waals surface area (Å²) in [6.45, 7) is 8.74. The van der Waals surface area contributed by atoms with E-state index in [-0.39, 0.29) is 77.0 Å². The Kier molecular flexibility index (Phi) is 15.6. The number of carbonyl (C=O) groups excluding carboxylic acids is 1. The van der Waals surface area contributed by atoms with Gasteiger partial charge in [0.05, 0.1) is 44.7 Å². The molecule has 58 heavy (non-hydrogen) atoms. The van der Waals surface area contributed by atoms with E-state index in [0.717, 1.165) is 47.6 Å². The van der Waals surface area contributed by atoms with E-state index in [9.17, 15) is 20.1 Å². The summed E-state index contributed by atoms with van der Waals surface area (Å²) in [6.07, 6.45) is 8.30. The third-order valence-corrected chi connectivity index (χ3v) is 11.5. The monoisotopic (exact) mass is 800 g/mol. The topological polar surface area (TPSA) is 149 Å². The molecular formula is C46H60N2O10. The lowest BCUT2D eigenvalue weighted by Gasteiger charge is -2.59. The molecule has 6 atom stereocenters. The van der Waals surface area contributed by atoms with Crippen molar-refractivity contribution in [3.8, 4) is 17.2 Å². The highest BCUT2D eigenvalue weighted by Crippen LogP contribution is 2.62. The highest BCUT2D eigenvalue weighted by Gasteiger charge is 2.65. The van der Waals surface area contributed by atoms with Gasteiger partial charge in [-0.25, -0.2) is 4.79 Å². The molecule has 3 aliphatic rings. The Labute approximate surface area is 342 Å². The molecule has 12 heteroatoms. The fourth-order valence-electron chi connectivity index (χ4n) is 9.13. The molecule has 3 aromatic carbocycles. The number of hydrogen-bond acceptors (Lipinski definition) is 11. The quantitative estimate of drug-likeness (QED) is 0.0523. The zero-order valence-corrected chi connectivity index (χ0v) is 33.9. The van der Waals surface area contributed by atoms with E-state index in [0.29, 0.717) is 42.4 Å². The molecule has 12 nitrogen and oxygen atoms in total. The number of hydrogen-bond donors (Lipinski definition) is 3. The van der Waals surface area contributed by atoms with Gasteiger partial charge in [-0.05, 0) is 98.0 Å². The SMILES string of the molecule is C=CCO[C@@]12Oc3ccc(Oc4ccc5ccccc5c4)cc3[C@H]3[C@H](CCCCO)[C@@H](CCCCO)C=C(C(=NOCC)C[C@@H]1N(CCOCCO)C(=O)OCC)[C@H]32. The molecule has 314 valence electrons. The number of carbonyl (C=O) groups is 1. The standard InChI is InChI=1S/C46H60N2O10/c1-4-25-55-46-42(48(45(52)54-5-2)21-26-53-27-24-51)31-40(47-56-6-3)38-29-34(15-9-11-22-49)37(16-10-12-23-50)43(44(38)46)39-30-36(19-20-41(39)58-46)57-35-18-17-32-13-7-8-14-33(32)28-35/h4,7-8,13-14,17-20,28-30,34,37,42-44,49-51H,1,5-6,9-12,15-16,21-27,31H2,2-3H3/t34-,37+,42-,43+,44+,46+/m0/s1. The van der Waals surface area contributed by atoms with Crippen LogP contribution in [0.15, 0.2) is 90.1 Å². The third-order valence-electron chi connectivity index (χ3n) is 11.5. The molecule has 1 fully saturated rings. The van der Waals surface area contributed by atoms with Gasteiger partial charge in [0.25, 0.3) is 0 Å². The Morgan fingerprint density at radius 2 is 1.69 bits per heavy atom. The molecule has 1 saturated carbocycles. The Balaban J connectivity index is 1.56. The first-order valence-corrected chi connectivity index (χ1v) is 20.9. The average Bonchev–Trinajstić information content (AvgIpc) is 3.23.